The minimum atomic E-state index is 0.0354. The van der Waals surface area contributed by atoms with Gasteiger partial charge in [-0.05, 0) is 63.5 Å². The number of rotatable bonds is 2. The van der Waals surface area contributed by atoms with Crippen molar-refractivity contribution in [2.24, 2.45) is 0 Å². The molecule has 0 saturated carbocycles. The third kappa shape index (κ3) is 2.79. The van der Waals surface area contributed by atoms with Crippen LogP contribution >= 0.6 is 0 Å². The van der Waals surface area contributed by atoms with Gasteiger partial charge in [-0.3, -0.25) is 9.36 Å². The second-order valence-corrected chi connectivity index (χ2v) is 7.53. The minimum absolute atomic E-state index is 0.0354. The van der Waals surface area contributed by atoms with Gasteiger partial charge < -0.3 is 5.32 Å². The fourth-order valence-corrected chi connectivity index (χ4v) is 4.03. The molecule has 1 aliphatic heterocycles. The predicted octanol–water partition coefficient (Wildman–Crippen LogP) is 2.65. The van der Waals surface area contributed by atoms with Crippen molar-refractivity contribution in [1.29, 1.82) is 0 Å². The standard InChI is InChI=1S/C21H22N6O/c1-13-9-18(25-27-11-14(2)24-20(13)27)15-3-4-17-19(10-15)23-12-26(21(17)28)16-5-7-22-8-6-16/h3-4,9-12,16,22H,5-8H2,1-2H3. The highest BCUT2D eigenvalue weighted by molar-refractivity contribution is 5.83. The van der Waals surface area contributed by atoms with Crippen LogP contribution in [0.25, 0.3) is 27.8 Å². The third-order valence-electron chi connectivity index (χ3n) is 5.51. The first-order valence-electron chi connectivity index (χ1n) is 9.66. The largest absolute Gasteiger partial charge is 0.317 e. The van der Waals surface area contributed by atoms with Crippen LogP contribution in [0.2, 0.25) is 0 Å². The first-order valence-corrected chi connectivity index (χ1v) is 9.66. The first-order chi connectivity index (χ1) is 13.6. The molecule has 3 aromatic heterocycles. The highest BCUT2D eigenvalue weighted by Gasteiger charge is 2.17. The number of hydrogen-bond acceptors (Lipinski definition) is 5. The number of nitrogens with one attached hydrogen (secondary N) is 1. The van der Waals surface area contributed by atoms with Crippen molar-refractivity contribution in [3.8, 4) is 11.3 Å². The van der Waals surface area contributed by atoms with Crippen LogP contribution in [0.4, 0.5) is 0 Å². The van der Waals surface area contributed by atoms with Crippen molar-refractivity contribution in [2.45, 2.75) is 32.7 Å². The molecule has 1 aliphatic rings. The normalized spacial score (nSPS) is 15.5. The summed E-state index contributed by atoms with van der Waals surface area (Å²) >= 11 is 0. The van der Waals surface area contributed by atoms with Gasteiger partial charge in [0.1, 0.15) is 0 Å². The second-order valence-electron chi connectivity index (χ2n) is 7.53. The van der Waals surface area contributed by atoms with Crippen molar-refractivity contribution >= 4 is 16.6 Å². The van der Waals surface area contributed by atoms with Crippen LogP contribution < -0.4 is 10.9 Å². The van der Waals surface area contributed by atoms with Crippen LogP contribution in [0.5, 0.6) is 0 Å². The van der Waals surface area contributed by atoms with Crippen molar-refractivity contribution in [2.75, 3.05) is 13.1 Å². The molecule has 5 rings (SSSR count). The average molecular weight is 374 g/mol. The molecule has 28 heavy (non-hydrogen) atoms. The Balaban J connectivity index is 1.59. The number of hydrogen-bond donors (Lipinski definition) is 1. The molecular weight excluding hydrogens is 352 g/mol. The van der Waals surface area contributed by atoms with E-state index in [1.807, 2.05) is 48.8 Å². The van der Waals surface area contributed by atoms with Crippen molar-refractivity contribution in [1.82, 2.24) is 29.5 Å². The summed E-state index contributed by atoms with van der Waals surface area (Å²) in [5.41, 5.74) is 5.38. The van der Waals surface area contributed by atoms with Gasteiger partial charge in [-0.2, -0.15) is 5.10 Å². The van der Waals surface area contributed by atoms with E-state index in [-0.39, 0.29) is 11.6 Å². The lowest BCUT2D eigenvalue weighted by Crippen LogP contribution is -2.34. The molecule has 142 valence electrons. The van der Waals surface area contributed by atoms with Crippen LogP contribution in [0.15, 0.2) is 41.6 Å². The van der Waals surface area contributed by atoms with Crippen molar-refractivity contribution < 1.29 is 0 Å². The molecule has 0 atom stereocenters. The lowest BCUT2D eigenvalue weighted by atomic mass is 10.1. The fourth-order valence-electron chi connectivity index (χ4n) is 4.03. The van der Waals surface area contributed by atoms with E-state index in [4.69, 9.17) is 0 Å². The Hall–Kier alpha value is -3.06. The Morgan fingerprint density at radius 2 is 1.96 bits per heavy atom. The molecule has 7 nitrogen and oxygen atoms in total. The van der Waals surface area contributed by atoms with Gasteiger partial charge >= 0.3 is 0 Å². The summed E-state index contributed by atoms with van der Waals surface area (Å²) in [5, 5.41) is 8.67. The molecule has 4 heterocycles. The molecule has 4 aromatic rings. The van der Waals surface area contributed by atoms with Crippen LogP contribution in [0.3, 0.4) is 0 Å². The van der Waals surface area contributed by atoms with E-state index in [2.05, 4.69) is 20.4 Å². The molecule has 0 spiro atoms. The molecule has 0 bridgehead atoms. The molecule has 0 aliphatic carbocycles. The minimum Gasteiger partial charge on any atom is -0.317 e. The Labute approximate surface area is 162 Å². The first kappa shape index (κ1) is 17.1. The van der Waals surface area contributed by atoms with Crippen molar-refractivity contribution in [3.63, 3.8) is 0 Å². The Bertz CT molecular complexity index is 1250. The topological polar surface area (TPSA) is 77.1 Å². The van der Waals surface area contributed by atoms with Crippen LogP contribution in [-0.2, 0) is 0 Å². The van der Waals surface area contributed by atoms with Gasteiger partial charge in [-0.15, -0.1) is 0 Å². The molecule has 7 heteroatoms. The third-order valence-corrected chi connectivity index (χ3v) is 5.51. The Kier molecular flexibility index (Phi) is 3.98. The monoisotopic (exact) mass is 374 g/mol. The zero-order valence-corrected chi connectivity index (χ0v) is 16.0. The van der Waals surface area contributed by atoms with Gasteiger partial charge in [0.2, 0.25) is 0 Å². The zero-order chi connectivity index (χ0) is 19.3. The SMILES string of the molecule is Cc1cn2nc(-c3ccc4c(=O)n(C5CCNCC5)cnc4c3)cc(C)c2n1. The number of imidazole rings is 1. The van der Waals surface area contributed by atoms with Gasteiger partial charge in [-0.1, -0.05) is 6.07 Å². The number of benzene rings is 1. The quantitative estimate of drug-likeness (QED) is 0.584. The number of aromatic nitrogens is 5. The van der Waals surface area contributed by atoms with Gasteiger partial charge in [0.05, 0.1) is 34.8 Å². The Morgan fingerprint density at radius 1 is 1.14 bits per heavy atom. The summed E-state index contributed by atoms with van der Waals surface area (Å²) in [5.74, 6) is 0. The lowest BCUT2D eigenvalue weighted by Gasteiger charge is -2.24. The molecule has 1 N–H and O–H groups in total. The van der Waals surface area contributed by atoms with E-state index < -0.39 is 0 Å². The maximum Gasteiger partial charge on any atom is 0.261 e. The molecule has 0 unspecified atom stereocenters. The molecule has 0 radical (unpaired) electrons. The smallest absolute Gasteiger partial charge is 0.261 e. The predicted molar refractivity (Wildman–Crippen MR) is 109 cm³/mol. The van der Waals surface area contributed by atoms with Gasteiger partial charge in [0, 0.05) is 11.6 Å². The average Bonchev–Trinajstić information content (AvgIpc) is 3.09. The van der Waals surface area contributed by atoms with Gasteiger partial charge in [-0.25, -0.2) is 14.5 Å². The highest BCUT2D eigenvalue weighted by atomic mass is 16.1. The summed E-state index contributed by atoms with van der Waals surface area (Å²) in [6.45, 7) is 5.87. The van der Waals surface area contributed by atoms with E-state index in [1.165, 1.54) is 0 Å². The van der Waals surface area contributed by atoms with E-state index in [9.17, 15) is 4.79 Å². The summed E-state index contributed by atoms with van der Waals surface area (Å²) in [6, 6.07) is 8.02. The number of piperidine rings is 1. The maximum atomic E-state index is 13.0. The van der Waals surface area contributed by atoms with Crippen LogP contribution in [0.1, 0.15) is 30.1 Å². The fraction of sp³-hybridized carbons (Fsp3) is 0.333. The molecule has 1 aromatic carbocycles. The van der Waals surface area contributed by atoms with E-state index in [0.717, 1.165) is 54.1 Å². The molecule has 0 amide bonds. The van der Waals surface area contributed by atoms with Crippen LogP contribution in [0, 0.1) is 13.8 Å². The Morgan fingerprint density at radius 3 is 2.79 bits per heavy atom. The lowest BCUT2D eigenvalue weighted by molar-refractivity contribution is 0.359. The van der Waals surface area contributed by atoms with Crippen LogP contribution in [-0.4, -0.2) is 37.2 Å². The molecule has 1 fully saturated rings. The maximum absolute atomic E-state index is 13.0. The molecule has 1 saturated heterocycles. The van der Waals surface area contributed by atoms with E-state index in [0.29, 0.717) is 10.9 Å². The summed E-state index contributed by atoms with van der Waals surface area (Å²) in [7, 11) is 0. The van der Waals surface area contributed by atoms with Crippen molar-refractivity contribution in [3.05, 3.63) is 58.4 Å². The molecular formula is C21H22N6O. The van der Waals surface area contributed by atoms with E-state index >= 15 is 0 Å². The summed E-state index contributed by atoms with van der Waals surface area (Å²) in [6.07, 6.45) is 5.53. The number of nitrogens with zero attached hydrogens (tertiary/aromatic N) is 5. The van der Waals surface area contributed by atoms with Gasteiger partial charge in [0.15, 0.2) is 5.65 Å². The highest BCUT2D eigenvalue weighted by Crippen LogP contribution is 2.24. The summed E-state index contributed by atoms with van der Waals surface area (Å²) < 4.78 is 3.61. The number of fused-ring (bicyclic) bond motifs is 2. The second kappa shape index (κ2) is 6.53. The van der Waals surface area contributed by atoms with E-state index in [1.54, 1.807) is 10.9 Å². The number of aryl methyl sites for hydroxylation is 2. The summed E-state index contributed by atoms with van der Waals surface area (Å²) in [4.78, 5) is 22.1. The van der Waals surface area contributed by atoms with Gasteiger partial charge in [0.25, 0.3) is 5.56 Å². The zero-order valence-electron chi connectivity index (χ0n) is 16.0.